The fourth-order valence-electron chi connectivity index (χ4n) is 7.76. The first-order valence-electron chi connectivity index (χ1n) is 18.6. The number of piperazine rings is 1. The molecule has 2 aliphatic heterocycles. The lowest BCUT2D eigenvalue weighted by molar-refractivity contribution is -0.205. The number of fused-ring (bicyclic) bond motifs is 2. The average molecular weight is 755 g/mol. The van der Waals surface area contributed by atoms with E-state index in [1.807, 2.05) is 85.2 Å². The van der Waals surface area contributed by atoms with E-state index >= 15 is 0 Å². The van der Waals surface area contributed by atoms with Gasteiger partial charge in [0.25, 0.3) is 5.91 Å². The number of nitrogens with one attached hydrogen (secondary N) is 1. The molecule has 4 amide bonds. The molecule has 0 aliphatic carbocycles. The van der Waals surface area contributed by atoms with Crippen LogP contribution in [-0.2, 0) is 40.8 Å². The molecule has 13 heteroatoms. The number of hydrogen-bond donors (Lipinski definition) is 2. The summed E-state index contributed by atoms with van der Waals surface area (Å²) in [5.74, 6) is -0.109. The Hall–Kier alpha value is -6.47. The van der Waals surface area contributed by atoms with Gasteiger partial charge in [-0.05, 0) is 47.4 Å². The quantitative estimate of drug-likeness (QED) is 0.177. The number of hydrogen-bond acceptors (Lipinski definition) is 8. The Balaban J connectivity index is 1.22. The number of aromatic nitrogens is 2. The number of aromatic hydroxyl groups is 1. The van der Waals surface area contributed by atoms with Crippen molar-refractivity contribution in [1.29, 1.82) is 0 Å². The lowest BCUT2D eigenvalue weighted by Gasteiger charge is -2.55. The lowest BCUT2D eigenvalue weighted by Crippen LogP contribution is -2.75. The lowest BCUT2D eigenvalue weighted by atomic mass is 9.97. The summed E-state index contributed by atoms with van der Waals surface area (Å²) < 4.78 is 1.89. The van der Waals surface area contributed by atoms with Crippen molar-refractivity contribution in [1.82, 2.24) is 29.4 Å². The Morgan fingerprint density at radius 1 is 0.982 bits per heavy atom. The maximum atomic E-state index is 14.7. The molecule has 0 unspecified atom stereocenters. The van der Waals surface area contributed by atoms with Gasteiger partial charge < -0.3 is 29.7 Å². The number of pyridine rings is 1. The van der Waals surface area contributed by atoms with E-state index in [0.717, 1.165) is 33.4 Å². The molecule has 2 N–H and O–H groups in total. The van der Waals surface area contributed by atoms with E-state index in [1.54, 1.807) is 68.6 Å². The van der Waals surface area contributed by atoms with Gasteiger partial charge in [0.1, 0.15) is 23.8 Å². The summed E-state index contributed by atoms with van der Waals surface area (Å²) in [5.41, 5.74) is 4.40. The number of amides is 4. The second-order valence-electron chi connectivity index (χ2n) is 14.5. The molecule has 0 saturated carbocycles. The molecule has 288 valence electrons. The van der Waals surface area contributed by atoms with Crippen molar-refractivity contribution in [3.8, 4) is 5.75 Å². The van der Waals surface area contributed by atoms with Gasteiger partial charge in [-0.15, -0.1) is 6.58 Å². The number of anilines is 2. The summed E-state index contributed by atoms with van der Waals surface area (Å²) in [6, 6.07) is 24.8. The second kappa shape index (κ2) is 16.1. The van der Waals surface area contributed by atoms with E-state index in [0.29, 0.717) is 17.7 Å². The van der Waals surface area contributed by atoms with Crippen LogP contribution in [0, 0.1) is 0 Å². The van der Waals surface area contributed by atoms with Gasteiger partial charge in [0.05, 0.1) is 36.1 Å². The van der Waals surface area contributed by atoms with E-state index in [1.165, 1.54) is 0 Å². The topological polar surface area (TPSA) is 135 Å². The molecule has 2 aromatic heterocycles. The summed E-state index contributed by atoms with van der Waals surface area (Å²) in [7, 11) is 5.66. The summed E-state index contributed by atoms with van der Waals surface area (Å²) in [5, 5.41) is 17.0. The third-order valence-electron chi connectivity index (χ3n) is 10.4. The van der Waals surface area contributed by atoms with Crippen molar-refractivity contribution in [3.05, 3.63) is 132 Å². The van der Waals surface area contributed by atoms with Gasteiger partial charge in [-0.3, -0.25) is 19.2 Å². The average Bonchev–Trinajstić information content (AvgIpc) is 3.54. The fourth-order valence-corrected chi connectivity index (χ4v) is 7.76. The monoisotopic (exact) mass is 754 g/mol. The van der Waals surface area contributed by atoms with E-state index in [2.05, 4.69) is 16.9 Å². The minimum atomic E-state index is -0.914. The SMILES string of the molecule is C=CCN1CC(=O)N2[C@@H](Cc3ccc(O)cc3)C(=O)N(Cc3cccc4c(C(=O)Nc5ccc(N(C)C)nc5)cn(C)c34)C[C@@H]2N1C(=O)CCc1ccccc1. The Morgan fingerprint density at radius 2 is 1.75 bits per heavy atom. The zero-order chi connectivity index (χ0) is 39.5. The van der Waals surface area contributed by atoms with Gasteiger partial charge in [-0.25, -0.2) is 15.0 Å². The minimum Gasteiger partial charge on any atom is -0.508 e. The summed E-state index contributed by atoms with van der Waals surface area (Å²) in [6.45, 7) is 4.33. The van der Waals surface area contributed by atoms with Crippen LogP contribution >= 0.6 is 0 Å². The summed E-state index contributed by atoms with van der Waals surface area (Å²) >= 11 is 0. The molecule has 7 rings (SSSR count). The molecule has 2 atom stereocenters. The molecule has 2 saturated heterocycles. The van der Waals surface area contributed by atoms with Gasteiger partial charge in [0, 0.05) is 58.7 Å². The number of carbonyl (C=O) groups is 4. The predicted octanol–water partition coefficient (Wildman–Crippen LogP) is 4.58. The zero-order valence-corrected chi connectivity index (χ0v) is 31.8. The molecule has 4 heterocycles. The summed E-state index contributed by atoms with van der Waals surface area (Å²) in [6.07, 6.45) is 5.19. The molecule has 3 aromatic carbocycles. The van der Waals surface area contributed by atoms with Crippen LogP contribution in [0.15, 0.2) is 110 Å². The van der Waals surface area contributed by atoms with E-state index in [-0.39, 0.29) is 68.4 Å². The molecule has 0 spiro atoms. The number of phenols is 1. The smallest absolute Gasteiger partial charge is 0.257 e. The molecule has 2 fully saturated rings. The maximum absolute atomic E-state index is 14.7. The minimum absolute atomic E-state index is 0.0749. The van der Waals surface area contributed by atoms with E-state index in [4.69, 9.17) is 0 Å². The van der Waals surface area contributed by atoms with Gasteiger partial charge in [0.2, 0.25) is 17.7 Å². The standard InChI is InChI=1S/C43H46N8O5/c1-5-22-49-28-40(54)50-36(23-30-14-18-33(52)19-15-30)43(56)48(27-38(50)51(49)39(53)21-16-29-10-7-6-8-11-29)25-31-12-9-13-34-35(26-47(4)41(31)34)42(55)45-32-17-20-37(44-24-32)46(2)3/h5-15,17-20,24,26,36,38,52H,1,16,21-23,25,27-28H2,2-4H3,(H,45,55)/t36-,38-/m0/s1. The zero-order valence-electron chi connectivity index (χ0n) is 31.8. The van der Waals surface area contributed by atoms with Crippen LogP contribution < -0.4 is 10.2 Å². The molecular formula is C43H46N8O5. The van der Waals surface area contributed by atoms with Crippen LogP contribution in [0.5, 0.6) is 5.75 Å². The number of aryl methyl sites for hydroxylation is 2. The van der Waals surface area contributed by atoms with Gasteiger partial charge in [-0.1, -0.05) is 66.7 Å². The van der Waals surface area contributed by atoms with Crippen molar-refractivity contribution < 1.29 is 24.3 Å². The van der Waals surface area contributed by atoms with Crippen LogP contribution in [-0.4, -0.2) is 104 Å². The van der Waals surface area contributed by atoms with Crippen LogP contribution in [0.2, 0.25) is 0 Å². The largest absolute Gasteiger partial charge is 0.508 e. The van der Waals surface area contributed by atoms with Crippen LogP contribution in [0.4, 0.5) is 11.5 Å². The molecule has 2 aliphatic rings. The third kappa shape index (κ3) is 7.71. The second-order valence-corrected chi connectivity index (χ2v) is 14.5. The highest BCUT2D eigenvalue weighted by Crippen LogP contribution is 2.32. The first-order chi connectivity index (χ1) is 27.0. The van der Waals surface area contributed by atoms with Crippen LogP contribution in [0.25, 0.3) is 10.9 Å². The van der Waals surface area contributed by atoms with Crippen molar-refractivity contribution in [2.24, 2.45) is 7.05 Å². The number of rotatable bonds is 12. The number of phenolic OH excluding ortho intramolecular Hbond substituents is 1. The van der Waals surface area contributed by atoms with Crippen molar-refractivity contribution >= 4 is 46.0 Å². The number of para-hydroxylation sites is 1. The first-order valence-corrected chi connectivity index (χ1v) is 18.6. The van der Waals surface area contributed by atoms with Gasteiger partial charge in [-0.2, -0.15) is 0 Å². The highest BCUT2D eigenvalue weighted by molar-refractivity contribution is 6.13. The maximum Gasteiger partial charge on any atom is 0.257 e. The molecule has 13 nitrogen and oxygen atoms in total. The fraction of sp³-hybridized carbons (Fsp3) is 0.279. The Kier molecular flexibility index (Phi) is 10.9. The van der Waals surface area contributed by atoms with Crippen LogP contribution in [0.1, 0.15) is 33.5 Å². The first kappa shape index (κ1) is 37.8. The number of nitrogens with zero attached hydrogens (tertiary/aromatic N) is 7. The van der Waals surface area contributed by atoms with E-state index < -0.39 is 12.2 Å². The third-order valence-corrected chi connectivity index (χ3v) is 10.4. The molecular weight excluding hydrogens is 709 g/mol. The van der Waals surface area contributed by atoms with Crippen molar-refractivity contribution in [2.45, 2.75) is 38.0 Å². The Labute approximate surface area is 326 Å². The van der Waals surface area contributed by atoms with E-state index in [9.17, 15) is 24.3 Å². The highest BCUT2D eigenvalue weighted by Gasteiger charge is 2.51. The number of hydrazine groups is 1. The Morgan fingerprint density at radius 3 is 2.45 bits per heavy atom. The van der Waals surface area contributed by atoms with Gasteiger partial charge >= 0.3 is 0 Å². The normalized spacial score (nSPS) is 17.2. The number of benzene rings is 3. The molecule has 5 aromatic rings. The van der Waals surface area contributed by atoms with Crippen molar-refractivity contribution in [3.63, 3.8) is 0 Å². The highest BCUT2D eigenvalue weighted by atomic mass is 16.3. The van der Waals surface area contributed by atoms with Crippen molar-refractivity contribution in [2.75, 3.05) is 43.9 Å². The van der Waals surface area contributed by atoms with Gasteiger partial charge in [0.15, 0.2) is 0 Å². The summed E-state index contributed by atoms with van der Waals surface area (Å²) in [4.78, 5) is 66.2. The molecule has 0 radical (unpaired) electrons. The predicted molar refractivity (Wildman–Crippen MR) is 214 cm³/mol. The van der Waals surface area contributed by atoms with Crippen LogP contribution in [0.3, 0.4) is 0 Å². The molecule has 56 heavy (non-hydrogen) atoms. The number of carbonyl (C=O) groups excluding carboxylic acids is 4. The Bertz CT molecular complexity index is 2250. The molecule has 0 bridgehead atoms.